The molecule has 2 aromatic rings. The molecule has 1 amide bonds. The Bertz CT molecular complexity index is 794. The fourth-order valence-electron chi connectivity index (χ4n) is 3.87. The molecule has 26 heavy (non-hydrogen) atoms. The van der Waals surface area contributed by atoms with Crippen LogP contribution in [0.15, 0.2) is 22.7 Å². The van der Waals surface area contributed by atoms with Gasteiger partial charge in [0.25, 0.3) is 5.91 Å². The molecule has 2 fully saturated rings. The van der Waals surface area contributed by atoms with Crippen LogP contribution in [-0.4, -0.2) is 52.3 Å². The molecule has 0 radical (unpaired) electrons. The first-order valence-electron chi connectivity index (χ1n) is 9.13. The van der Waals surface area contributed by atoms with Gasteiger partial charge in [-0.3, -0.25) is 4.79 Å². The van der Waals surface area contributed by atoms with Crippen molar-refractivity contribution in [2.45, 2.75) is 33.1 Å². The summed E-state index contributed by atoms with van der Waals surface area (Å²) in [5.74, 6) is 2.50. The van der Waals surface area contributed by atoms with E-state index in [1.54, 1.807) is 13.0 Å². The number of aromatic nitrogens is 3. The number of fused-ring (bicyclic) bond motifs is 1. The van der Waals surface area contributed by atoms with Gasteiger partial charge in [0, 0.05) is 49.5 Å². The number of likely N-dealkylation sites (tertiary alicyclic amines) is 1. The molecule has 4 rings (SSSR count). The minimum atomic E-state index is -0.0304. The van der Waals surface area contributed by atoms with Crippen LogP contribution in [0.4, 0.5) is 5.82 Å². The van der Waals surface area contributed by atoms with Gasteiger partial charge in [-0.25, -0.2) is 0 Å². The van der Waals surface area contributed by atoms with Crippen molar-refractivity contribution in [2.75, 3.05) is 31.1 Å². The molecule has 0 aliphatic carbocycles. The third-order valence-corrected chi connectivity index (χ3v) is 5.36. The van der Waals surface area contributed by atoms with E-state index in [0.29, 0.717) is 23.3 Å². The Labute approximate surface area is 153 Å². The van der Waals surface area contributed by atoms with Crippen LogP contribution in [0.1, 0.15) is 42.7 Å². The van der Waals surface area contributed by atoms with Crippen molar-refractivity contribution >= 4 is 11.7 Å². The molecule has 2 aliphatic heterocycles. The van der Waals surface area contributed by atoms with Gasteiger partial charge in [0.1, 0.15) is 5.76 Å². The molecular weight excluding hydrogens is 330 g/mol. The summed E-state index contributed by atoms with van der Waals surface area (Å²) >= 11 is 0. The average Bonchev–Trinajstić information content (AvgIpc) is 3.27. The fraction of sp³-hybridized carbons (Fsp3) is 0.579. The summed E-state index contributed by atoms with van der Waals surface area (Å²) in [6.45, 7) is 11.6. The van der Waals surface area contributed by atoms with E-state index in [-0.39, 0.29) is 11.3 Å². The topological polar surface area (TPSA) is 75.4 Å². The molecule has 138 valence electrons. The summed E-state index contributed by atoms with van der Waals surface area (Å²) in [6.07, 6.45) is 0. The Kier molecular flexibility index (Phi) is 3.97. The first-order chi connectivity index (χ1) is 12.3. The zero-order valence-electron chi connectivity index (χ0n) is 15.8. The summed E-state index contributed by atoms with van der Waals surface area (Å²) in [7, 11) is 0. The van der Waals surface area contributed by atoms with Crippen LogP contribution in [-0.2, 0) is 5.41 Å². The fourth-order valence-corrected chi connectivity index (χ4v) is 3.87. The monoisotopic (exact) mass is 355 g/mol. The third kappa shape index (κ3) is 3.06. The number of hydrogen-bond acceptors (Lipinski definition) is 6. The van der Waals surface area contributed by atoms with Crippen LogP contribution in [0.5, 0.6) is 0 Å². The number of anilines is 1. The molecule has 2 saturated heterocycles. The highest BCUT2D eigenvalue weighted by atomic mass is 16.5. The van der Waals surface area contributed by atoms with E-state index in [1.807, 2.05) is 4.90 Å². The predicted molar refractivity (Wildman–Crippen MR) is 97.1 cm³/mol. The zero-order valence-corrected chi connectivity index (χ0v) is 15.8. The lowest BCUT2D eigenvalue weighted by Crippen LogP contribution is -2.33. The van der Waals surface area contributed by atoms with Gasteiger partial charge in [0.05, 0.1) is 5.69 Å². The normalized spacial score (nSPS) is 22.8. The molecule has 2 aromatic heterocycles. The maximum atomic E-state index is 12.5. The molecule has 0 spiro atoms. The summed E-state index contributed by atoms with van der Waals surface area (Å²) in [4.78, 5) is 16.7. The Morgan fingerprint density at radius 3 is 2.31 bits per heavy atom. The van der Waals surface area contributed by atoms with E-state index in [1.165, 1.54) is 0 Å². The highest BCUT2D eigenvalue weighted by Crippen LogP contribution is 2.34. The summed E-state index contributed by atoms with van der Waals surface area (Å²) in [5.41, 5.74) is 1.41. The van der Waals surface area contributed by atoms with Gasteiger partial charge in [-0.1, -0.05) is 25.9 Å². The van der Waals surface area contributed by atoms with Crippen LogP contribution in [0.3, 0.4) is 0 Å². The average molecular weight is 355 g/mol. The van der Waals surface area contributed by atoms with Crippen molar-refractivity contribution in [1.82, 2.24) is 20.3 Å². The summed E-state index contributed by atoms with van der Waals surface area (Å²) in [6, 6.07) is 5.84. The van der Waals surface area contributed by atoms with Gasteiger partial charge in [-0.05, 0) is 19.1 Å². The molecule has 0 saturated carbocycles. The van der Waals surface area contributed by atoms with E-state index in [9.17, 15) is 4.79 Å². The highest BCUT2D eigenvalue weighted by molar-refractivity contribution is 5.92. The quantitative estimate of drug-likeness (QED) is 0.823. The Morgan fingerprint density at radius 1 is 1.12 bits per heavy atom. The number of aryl methyl sites for hydroxylation is 1. The Hall–Kier alpha value is -2.44. The van der Waals surface area contributed by atoms with Crippen LogP contribution in [0.25, 0.3) is 0 Å². The minimum absolute atomic E-state index is 0.00733. The van der Waals surface area contributed by atoms with Crippen LogP contribution < -0.4 is 4.90 Å². The SMILES string of the molecule is Cc1cc(C(=O)N2CC3CN(c4ccc(C(C)(C)C)nn4)CC3C2)no1. The second-order valence-corrected chi connectivity index (χ2v) is 8.48. The van der Waals surface area contributed by atoms with Crippen molar-refractivity contribution in [2.24, 2.45) is 11.8 Å². The van der Waals surface area contributed by atoms with Crippen LogP contribution in [0.2, 0.25) is 0 Å². The van der Waals surface area contributed by atoms with Crippen LogP contribution >= 0.6 is 0 Å². The van der Waals surface area contributed by atoms with E-state index >= 15 is 0 Å². The second kappa shape index (κ2) is 6.07. The molecule has 4 heterocycles. The molecule has 2 aliphatic rings. The van der Waals surface area contributed by atoms with E-state index in [0.717, 1.165) is 37.7 Å². The molecule has 0 N–H and O–H groups in total. The maximum absolute atomic E-state index is 12.5. The number of carbonyl (C=O) groups excluding carboxylic acids is 1. The second-order valence-electron chi connectivity index (χ2n) is 8.48. The number of rotatable bonds is 2. The van der Waals surface area contributed by atoms with E-state index in [4.69, 9.17) is 4.52 Å². The van der Waals surface area contributed by atoms with Crippen LogP contribution in [0, 0.1) is 18.8 Å². The molecule has 7 heteroatoms. The van der Waals surface area contributed by atoms with Gasteiger partial charge in [-0.2, -0.15) is 5.10 Å². The summed E-state index contributed by atoms with van der Waals surface area (Å²) in [5, 5.41) is 12.7. The van der Waals surface area contributed by atoms with Gasteiger partial charge in [0.2, 0.25) is 0 Å². The number of amides is 1. The van der Waals surface area contributed by atoms with Gasteiger partial charge in [-0.15, -0.1) is 5.10 Å². The number of hydrogen-bond donors (Lipinski definition) is 0. The first-order valence-corrected chi connectivity index (χ1v) is 9.13. The van der Waals surface area contributed by atoms with Crippen molar-refractivity contribution in [1.29, 1.82) is 0 Å². The van der Waals surface area contributed by atoms with Crippen molar-refractivity contribution in [3.05, 3.63) is 35.3 Å². The molecule has 2 atom stereocenters. The van der Waals surface area contributed by atoms with Gasteiger partial charge >= 0.3 is 0 Å². The largest absolute Gasteiger partial charge is 0.361 e. The smallest absolute Gasteiger partial charge is 0.276 e. The maximum Gasteiger partial charge on any atom is 0.276 e. The van der Waals surface area contributed by atoms with Gasteiger partial charge in [0.15, 0.2) is 11.5 Å². The molecule has 0 bridgehead atoms. The molecular formula is C19H25N5O2. The molecule has 0 aromatic carbocycles. The molecule has 7 nitrogen and oxygen atoms in total. The third-order valence-electron chi connectivity index (χ3n) is 5.36. The standard InChI is InChI=1S/C19H25N5O2/c1-12-7-15(22-26-12)18(25)24-10-13-8-23(9-14(13)11-24)17-6-5-16(20-21-17)19(2,3)4/h5-7,13-14H,8-11H2,1-4H3. The first kappa shape index (κ1) is 17.0. The predicted octanol–water partition coefficient (Wildman–Crippen LogP) is 2.28. The molecule has 2 unspecified atom stereocenters. The lowest BCUT2D eigenvalue weighted by atomic mass is 9.92. The van der Waals surface area contributed by atoms with Crippen molar-refractivity contribution < 1.29 is 9.32 Å². The zero-order chi connectivity index (χ0) is 18.5. The lowest BCUT2D eigenvalue weighted by molar-refractivity contribution is 0.0772. The number of nitrogens with zero attached hydrogens (tertiary/aromatic N) is 5. The number of carbonyl (C=O) groups is 1. The van der Waals surface area contributed by atoms with Gasteiger partial charge < -0.3 is 14.3 Å². The highest BCUT2D eigenvalue weighted by Gasteiger charge is 2.42. The Morgan fingerprint density at radius 2 is 1.81 bits per heavy atom. The minimum Gasteiger partial charge on any atom is -0.361 e. The van der Waals surface area contributed by atoms with E-state index < -0.39 is 0 Å². The Balaban J connectivity index is 1.40. The lowest BCUT2D eigenvalue weighted by Gasteiger charge is -2.22. The summed E-state index contributed by atoms with van der Waals surface area (Å²) < 4.78 is 5.03. The van der Waals surface area contributed by atoms with Crippen molar-refractivity contribution in [3.63, 3.8) is 0 Å². The van der Waals surface area contributed by atoms with Crippen molar-refractivity contribution in [3.8, 4) is 0 Å². The van der Waals surface area contributed by atoms with E-state index in [2.05, 4.69) is 53.2 Å².